The summed E-state index contributed by atoms with van der Waals surface area (Å²) < 4.78 is 16.3. The van der Waals surface area contributed by atoms with Gasteiger partial charge < -0.3 is 0 Å². The zero-order chi connectivity index (χ0) is 14.9. The Balaban J connectivity index is 2.14. The van der Waals surface area contributed by atoms with E-state index in [4.69, 9.17) is 0 Å². The Hall–Kier alpha value is -1.37. The monoisotopic (exact) mass is 299 g/mol. The minimum absolute atomic E-state index is 0.353. The Morgan fingerprint density at radius 3 is 1.76 bits per heavy atom. The Kier molecular flexibility index (Phi) is 4.01. The van der Waals surface area contributed by atoms with Crippen LogP contribution >= 0.6 is 7.29 Å². The molecule has 1 fully saturated rings. The minimum atomic E-state index is -2.73. The maximum absolute atomic E-state index is 14.1. The van der Waals surface area contributed by atoms with Crippen molar-refractivity contribution in [3.8, 4) is 0 Å². The van der Waals surface area contributed by atoms with Crippen LogP contribution in [0.3, 0.4) is 0 Å². The molecular weight excluding hydrogens is 277 g/mol. The molecule has 110 valence electrons. The molecule has 1 aliphatic heterocycles. The molecule has 1 aliphatic rings. The summed E-state index contributed by atoms with van der Waals surface area (Å²) >= 11 is 0. The van der Waals surface area contributed by atoms with E-state index in [1.165, 1.54) is 0 Å². The van der Waals surface area contributed by atoms with Gasteiger partial charge in [-0.25, -0.2) is 4.67 Å². The highest BCUT2D eigenvalue weighted by atomic mass is 31.2. The standard InChI is InChI=1S/C18H22NOP/c1-15-13-16(2)19(14-15)21(20,17-9-5-3-6-10-17)18-11-7-4-8-12-18/h3-12,15-16H,13-14H2,1-2H3/t15-,16-/m1/s1. The summed E-state index contributed by atoms with van der Waals surface area (Å²) in [5.41, 5.74) is 0. The van der Waals surface area contributed by atoms with Crippen LogP contribution in [0.1, 0.15) is 20.3 Å². The summed E-state index contributed by atoms with van der Waals surface area (Å²) in [7, 11) is -2.73. The normalized spacial score (nSPS) is 23.3. The van der Waals surface area contributed by atoms with Crippen molar-refractivity contribution in [1.29, 1.82) is 0 Å². The van der Waals surface area contributed by atoms with Crippen molar-refractivity contribution in [3.63, 3.8) is 0 Å². The molecule has 0 amide bonds. The zero-order valence-electron chi connectivity index (χ0n) is 12.6. The van der Waals surface area contributed by atoms with Crippen LogP contribution in [0.2, 0.25) is 0 Å². The fourth-order valence-electron chi connectivity index (χ4n) is 3.38. The second-order valence-electron chi connectivity index (χ2n) is 6.06. The topological polar surface area (TPSA) is 20.3 Å². The van der Waals surface area contributed by atoms with Crippen molar-refractivity contribution in [2.45, 2.75) is 26.3 Å². The third-order valence-corrected chi connectivity index (χ3v) is 7.60. The molecule has 0 saturated carbocycles. The minimum Gasteiger partial charge on any atom is -0.296 e. The lowest BCUT2D eigenvalue weighted by molar-refractivity contribution is 0.416. The van der Waals surface area contributed by atoms with Crippen molar-refractivity contribution in [1.82, 2.24) is 4.67 Å². The second kappa shape index (κ2) is 5.79. The van der Waals surface area contributed by atoms with E-state index in [0.717, 1.165) is 23.6 Å². The average Bonchev–Trinajstić information content (AvgIpc) is 2.87. The first-order valence-corrected chi connectivity index (χ1v) is 9.26. The van der Waals surface area contributed by atoms with Crippen LogP contribution in [0.25, 0.3) is 0 Å². The summed E-state index contributed by atoms with van der Waals surface area (Å²) in [6.07, 6.45) is 1.11. The van der Waals surface area contributed by atoms with Crippen LogP contribution in [-0.4, -0.2) is 17.3 Å². The molecule has 2 aromatic rings. The number of hydrogen-bond donors (Lipinski definition) is 0. The number of benzene rings is 2. The third kappa shape index (κ3) is 2.59. The molecule has 0 N–H and O–H groups in total. The van der Waals surface area contributed by atoms with E-state index in [1.807, 2.05) is 60.7 Å². The number of hydrogen-bond acceptors (Lipinski definition) is 1. The lowest BCUT2D eigenvalue weighted by atomic mass is 10.1. The average molecular weight is 299 g/mol. The van der Waals surface area contributed by atoms with Gasteiger partial charge in [0.2, 0.25) is 7.29 Å². The Morgan fingerprint density at radius 2 is 1.38 bits per heavy atom. The lowest BCUT2D eigenvalue weighted by Gasteiger charge is -2.32. The van der Waals surface area contributed by atoms with E-state index in [0.29, 0.717) is 12.0 Å². The van der Waals surface area contributed by atoms with Gasteiger partial charge in [-0.3, -0.25) is 4.57 Å². The predicted octanol–water partition coefficient (Wildman–Crippen LogP) is 3.65. The molecule has 2 nitrogen and oxygen atoms in total. The molecule has 3 rings (SSSR count). The molecule has 0 aliphatic carbocycles. The second-order valence-corrected chi connectivity index (χ2v) is 8.76. The van der Waals surface area contributed by atoms with E-state index in [-0.39, 0.29) is 0 Å². The zero-order valence-corrected chi connectivity index (χ0v) is 13.5. The highest BCUT2D eigenvalue weighted by molar-refractivity contribution is 7.76. The first-order chi connectivity index (χ1) is 10.1. The number of nitrogens with zero attached hydrogens (tertiary/aromatic N) is 1. The molecule has 1 heterocycles. The molecule has 2 atom stereocenters. The first kappa shape index (κ1) is 14.6. The molecule has 3 heteroatoms. The number of rotatable bonds is 3. The van der Waals surface area contributed by atoms with Crippen LogP contribution in [0.4, 0.5) is 0 Å². The van der Waals surface area contributed by atoms with Crippen molar-refractivity contribution < 1.29 is 4.57 Å². The Morgan fingerprint density at radius 1 is 0.905 bits per heavy atom. The van der Waals surface area contributed by atoms with Gasteiger partial charge in [0.25, 0.3) is 0 Å². The van der Waals surface area contributed by atoms with Gasteiger partial charge in [0.15, 0.2) is 0 Å². The van der Waals surface area contributed by atoms with Gasteiger partial charge in [0.1, 0.15) is 0 Å². The van der Waals surface area contributed by atoms with E-state index in [1.54, 1.807) is 0 Å². The fourth-order valence-corrected chi connectivity index (χ4v) is 6.58. The smallest absolute Gasteiger partial charge is 0.207 e. The van der Waals surface area contributed by atoms with E-state index in [9.17, 15) is 4.57 Å². The summed E-state index contributed by atoms with van der Waals surface area (Å²) in [4.78, 5) is 0. The largest absolute Gasteiger partial charge is 0.296 e. The molecule has 0 radical (unpaired) electrons. The van der Waals surface area contributed by atoms with Crippen LogP contribution in [0, 0.1) is 5.92 Å². The van der Waals surface area contributed by atoms with Crippen LogP contribution < -0.4 is 10.6 Å². The first-order valence-electron chi connectivity index (χ1n) is 7.61. The summed E-state index contributed by atoms with van der Waals surface area (Å²) in [5.74, 6) is 0.598. The van der Waals surface area contributed by atoms with Gasteiger partial charge in [0.05, 0.1) is 0 Å². The molecule has 1 saturated heterocycles. The summed E-state index contributed by atoms with van der Waals surface area (Å²) in [5, 5.41) is 1.88. The molecule has 2 aromatic carbocycles. The van der Waals surface area contributed by atoms with Crippen molar-refractivity contribution in [3.05, 3.63) is 60.7 Å². The van der Waals surface area contributed by atoms with E-state index in [2.05, 4.69) is 18.5 Å². The van der Waals surface area contributed by atoms with Gasteiger partial charge in [-0.05, 0) is 43.5 Å². The van der Waals surface area contributed by atoms with Crippen molar-refractivity contribution >= 4 is 17.9 Å². The molecule has 0 unspecified atom stereocenters. The predicted molar refractivity (Wildman–Crippen MR) is 89.7 cm³/mol. The van der Waals surface area contributed by atoms with Gasteiger partial charge in [-0.2, -0.15) is 0 Å². The van der Waals surface area contributed by atoms with Gasteiger partial charge in [-0.15, -0.1) is 0 Å². The van der Waals surface area contributed by atoms with E-state index < -0.39 is 7.29 Å². The maximum Gasteiger partial charge on any atom is 0.207 e. The van der Waals surface area contributed by atoms with Crippen LogP contribution in [-0.2, 0) is 4.57 Å². The fraction of sp³-hybridized carbons (Fsp3) is 0.333. The Labute approximate surface area is 127 Å². The Bertz CT molecular complexity index is 597. The molecule has 0 bridgehead atoms. The van der Waals surface area contributed by atoms with Gasteiger partial charge in [-0.1, -0.05) is 43.3 Å². The molecule has 0 aromatic heterocycles. The quantitative estimate of drug-likeness (QED) is 0.806. The van der Waals surface area contributed by atoms with Gasteiger partial charge in [0, 0.05) is 23.2 Å². The highest BCUT2D eigenvalue weighted by Gasteiger charge is 2.41. The lowest BCUT2D eigenvalue weighted by Crippen LogP contribution is -2.34. The molecular formula is C18H22NOP. The van der Waals surface area contributed by atoms with Crippen molar-refractivity contribution in [2.75, 3.05) is 6.54 Å². The maximum atomic E-state index is 14.1. The molecule has 0 spiro atoms. The molecule has 21 heavy (non-hydrogen) atoms. The van der Waals surface area contributed by atoms with Gasteiger partial charge >= 0.3 is 0 Å². The van der Waals surface area contributed by atoms with Crippen LogP contribution in [0.15, 0.2) is 60.7 Å². The summed E-state index contributed by atoms with van der Waals surface area (Å²) in [6, 6.07) is 20.3. The van der Waals surface area contributed by atoms with E-state index >= 15 is 0 Å². The summed E-state index contributed by atoms with van der Waals surface area (Å²) in [6.45, 7) is 5.35. The third-order valence-electron chi connectivity index (χ3n) is 4.33. The highest BCUT2D eigenvalue weighted by Crippen LogP contribution is 2.52. The SMILES string of the molecule is C[C@@H]1C[C@@H](C)N(P(=O)(c2ccccc2)c2ccccc2)C1. The van der Waals surface area contributed by atoms with Crippen molar-refractivity contribution in [2.24, 2.45) is 5.92 Å². The van der Waals surface area contributed by atoms with Crippen LogP contribution in [0.5, 0.6) is 0 Å².